The number of fused-ring (bicyclic) bond motifs is 1. The number of nitrogens with two attached hydrogens (primary N) is 2. The van der Waals surface area contributed by atoms with Gasteiger partial charge in [-0.05, 0) is 22.4 Å². The number of β-lactam (4-membered cyclic amide) rings is 1. The molecule has 0 radical (unpaired) electrons. The fourth-order valence-corrected chi connectivity index (χ4v) is 5.25. The van der Waals surface area contributed by atoms with Crippen LogP contribution in [0.3, 0.4) is 0 Å². The molecule has 1 aromatic rings. The van der Waals surface area contributed by atoms with Crippen LogP contribution >= 0.6 is 23.5 Å². The third kappa shape index (κ3) is 3.47. The van der Waals surface area contributed by atoms with Crippen molar-refractivity contribution in [3.8, 4) is 0 Å². The first-order valence-corrected chi connectivity index (χ1v) is 9.43. The second-order valence-corrected chi connectivity index (χ2v) is 7.80. The molecule has 0 bridgehead atoms. The predicted molar refractivity (Wildman–Crippen MR) is 91.8 cm³/mol. The lowest BCUT2D eigenvalue weighted by Crippen LogP contribution is -2.68. The quantitative estimate of drug-likeness (QED) is 0.260. The van der Waals surface area contributed by atoms with Crippen molar-refractivity contribution < 1.29 is 19.5 Å². The Bertz CT molecular complexity index is 754. The van der Waals surface area contributed by atoms with E-state index in [0.717, 1.165) is 0 Å². The zero-order valence-electron chi connectivity index (χ0n) is 13.3. The molecular formula is C12H16N8O4S2. The predicted octanol–water partition coefficient (Wildman–Crippen LogP) is -1.70. The lowest BCUT2D eigenvalue weighted by Gasteiger charge is -2.48. The van der Waals surface area contributed by atoms with Gasteiger partial charge in [0.05, 0.1) is 0 Å². The number of rotatable bonds is 7. The minimum atomic E-state index is -1.20. The van der Waals surface area contributed by atoms with E-state index in [1.807, 2.05) is 0 Å². The first kappa shape index (κ1) is 18.5. The molecule has 0 spiro atoms. The maximum Gasteiger partial charge on any atom is 0.352 e. The number of nitrogens with zero attached hydrogens (tertiary/aromatic N) is 4. The van der Waals surface area contributed by atoms with Crippen LogP contribution in [0, 0.1) is 0 Å². The summed E-state index contributed by atoms with van der Waals surface area (Å²) in [6.45, 7) is 0.229. The third-order valence-corrected chi connectivity index (χ3v) is 6.44. The summed E-state index contributed by atoms with van der Waals surface area (Å²) >= 11 is 2.62. The maximum absolute atomic E-state index is 12.1. The number of H-pyrrole nitrogens is 1. The molecule has 140 valence electrons. The van der Waals surface area contributed by atoms with Crippen LogP contribution in [0.15, 0.2) is 16.4 Å². The SMILES string of the molecule is NC(=O)NCCC(Sc1nnn[nH]1)C1=C(C(=O)O)N2C(=O)C(N)[C@@H]2SC1. The van der Waals surface area contributed by atoms with Crippen LogP contribution in [0.1, 0.15) is 6.42 Å². The average Bonchev–Trinajstić information content (AvgIpc) is 3.11. The van der Waals surface area contributed by atoms with Crippen molar-refractivity contribution in [1.82, 2.24) is 30.8 Å². The van der Waals surface area contributed by atoms with Gasteiger partial charge in [0, 0.05) is 17.5 Å². The molecule has 2 aliphatic heterocycles. The van der Waals surface area contributed by atoms with Gasteiger partial charge < -0.3 is 21.9 Å². The van der Waals surface area contributed by atoms with E-state index >= 15 is 0 Å². The Morgan fingerprint density at radius 2 is 2.31 bits per heavy atom. The van der Waals surface area contributed by atoms with Crippen molar-refractivity contribution in [3.05, 3.63) is 11.3 Å². The summed E-state index contributed by atoms with van der Waals surface area (Å²) in [6.07, 6.45) is 0.375. The number of amides is 3. The highest BCUT2D eigenvalue weighted by atomic mass is 32.2. The Balaban J connectivity index is 1.90. The van der Waals surface area contributed by atoms with E-state index in [9.17, 15) is 19.5 Å². The van der Waals surface area contributed by atoms with Crippen molar-refractivity contribution in [3.63, 3.8) is 0 Å². The van der Waals surface area contributed by atoms with Crippen molar-refractivity contribution in [2.24, 2.45) is 11.5 Å². The Morgan fingerprint density at radius 1 is 1.54 bits per heavy atom. The molecule has 2 unspecified atom stereocenters. The van der Waals surface area contributed by atoms with Crippen molar-refractivity contribution in [2.75, 3.05) is 12.3 Å². The van der Waals surface area contributed by atoms with Crippen LogP contribution in [0.25, 0.3) is 0 Å². The molecule has 3 amide bonds. The summed E-state index contributed by atoms with van der Waals surface area (Å²) in [4.78, 5) is 36.1. The largest absolute Gasteiger partial charge is 0.477 e. The molecule has 26 heavy (non-hydrogen) atoms. The highest BCUT2D eigenvalue weighted by molar-refractivity contribution is 8.01. The number of urea groups is 1. The zero-order chi connectivity index (χ0) is 18.8. The fourth-order valence-electron chi connectivity index (χ4n) is 2.75. The molecular weight excluding hydrogens is 384 g/mol. The number of carbonyl (C=O) groups is 3. The van der Waals surface area contributed by atoms with Gasteiger partial charge in [0.2, 0.25) is 11.1 Å². The van der Waals surface area contributed by atoms with Gasteiger partial charge in [-0.1, -0.05) is 11.8 Å². The van der Waals surface area contributed by atoms with E-state index in [0.29, 0.717) is 22.9 Å². The number of carboxylic acids is 1. The monoisotopic (exact) mass is 400 g/mol. The number of hydrogen-bond donors (Lipinski definition) is 5. The summed E-state index contributed by atoms with van der Waals surface area (Å²) in [5, 5.41) is 25.2. The van der Waals surface area contributed by atoms with Crippen LogP contribution in [-0.4, -0.2) is 77.5 Å². The number of aromatic nitrogens is 4. The van der Waals surface area contributed by atoms with Gasteiger partial charge in [0.1, 0.15) is 17.1 Å². The number of tetrazole rings is 1. The van der Waals surface area contributed by atoms with E-state index < -0.39 is 23.9 Å². The molecule has 0 aromatic carbocycles. The molecule has 3 atom stereocenters. The van der Waals surface area contributed by atoms with E-state index in [1.165, 1.54) is 28.4 Å². The first-order valence-electron chi connectivity index (χ1n) is 7.50. The van der Waals surface area contributed by atoms with Crippen LogP contribution in [0.2, 0.25) is 0 Å². The van der Waals surface area contributed by atoms with Gasteiger partial charge in [-0.2, -0.15) is 0 Å². The Labute approximate surface area is 155 Å². The number of carboxylic acid groups (broad SMARTS) is 1. The topological polar surface area (TPSA) is 193 Å². The minimum Gasteiger partial charge on any atom is -0.477 e. The summed E-state index contributed by atoms with van der Waals surface area (Å²) in [7, 11) is 0. The first-order chi connectivity index (χ1) is 12.4. The van der Waals surface area contributed by atoms with Gasteiger partial charge in [-0.3, -0.25) is 9.69 Å². The Hall–Kier alpha value is -2.32. The lowest BCUT2D eigenvalue weighted by molar-refractivity contribution is -0.148. The highest BCUT2D eigenvalue weighted by Crippen LogP contribution is 2.43. The summed E-state index contributed by atoms with van der Waals surface area (Å²) < 4.78 is 0. The molecule has 3 rings (SSSR count). The minimum absolute atomic E-state index is 0.0653. The third-order valence-electron chi connectivity index (χ3n) is 3.92. The fraction of sp³-hybridized carbons (Fsp3) is 0.500. The number of hydrogen-bond acceptors (Lipinski definition) is 9. The molecule has 7 N–H and O–H groups in total. The number of aromatic amines is 1. The van der Waals surface area contributed by atoms with Gasteiger partial charge in [0.25, 0.3) is 0 Å². The van der Waals surface area contributed by atoms with E-state index in [4.69, 9.17) is 11.5 Å². The standard InChI is InChI=1S/C12H16N8O4S2/c13-6-8(21)20-7(10(22)23)4(3-25-9(6)20)5(1-2-15-11(14)24)26-12-16-18-19-17-12/h5-6,9H,1-3,13H2,(H,22,23)(H3,14,15,24)(H,16,17,18,19)/t5?,6?,9-/m0/s1. The number of aliphatic carboxylic acids is 1. The molecule has 0 saturated carbocycles. The second kappa shape index (κ2) is 7.51. The van der Waals surface area contributed by atoms with Crippen LogP contribution in [0.5, 0.6) is 0 Å². The van der Waals surface area contributed by atoms with Crippen LogP contribution in [0.4, 0.5) is 4.79 Å². The smallest absolute Gasteiger partial charge is 0.352 e. The Kier molecular flexibility index (Phi) is 5.33. The number of thioether (sulfide) groups is 2. The van der Waals surface area contributed by atoms with Crippen molar-refractivity contribution in [2.45, 2.75) is 28.2 Å². The molecule has 0 aliphatic carbocycles. The van der Waals surface area contributed by atoms with E-state index in [2.05, 4.69) is 25.9 Å². The van der Waals surface area contributed by atoms with Crippen molar-refractivity contribution in [1.29, 1.82) is 0 Å². The molecule has 14 heteroatoms. The van der Waals surface area contributed by atoms with Gasteiger partial charge in [-0.25, -0.2) is 14.7 Å². The highest BCUT2D eigenvalue weighted by Gasteiger charge is 2.52. The maximum atomic E-state index is 12.1. The Morgan fingerprint density at radius 3 is 2.92 bits per heavy atom. The summed E-state index contributed by atoms with van der Waals surface area (Å²) in [5.74, 6) is -1.23. The van der Waals surface area contributed by atoms with Crippen LogP contribution < -0.4 is 16.8 Å². The number of nitrogens with one attached hydrogen (secondary N) is 2. The molecule has 1 fully saturated rings. The molecule has 1 saturated heterocycles. The zero-order valence-corrected chi connectivity index (χ0v) is 14.9. The van der Waals surface area contributed by atoms with E-state index in [-0.39, 0.29) is 22.9 Å². The number of primary amides is 1. The van der Waals surface area contributed by atoms with Crippen molar-refractivity contribution >= 4 is 41.4 Å². The molecule has 12 nitrogen and oxygen atoms in total. The molecule has 2 aliphatic rings. The van der Waals surface area contributed by atoms with Gasteiger partial charge in [-0.15, -0.1) is 16.9 Å². The van der Waals surface area contributed by atoms with E-state index in [1.54, 1.807) is 0 Å². The second-order valence-electron chi connectivity index (χ2n) is 5.51. The lowest BCUT2D eigenvalue weighted by atomic mass is 10.0. The molecule has 1 aromatic heterocycles. The molecule has 3 heterocycles. The summed E-state index contributed by atoms with van der Waals surface area (Å²) in [6, 6.07) is -1.37. The normalized spacial score (nSPS) is 23.3. The van der Waals surface area contributed by atoms with Gasteiger partial charge in [0.15, 0.2) is 0 Å². The van der Waals surface area contributed by atoms with Crippen LogP contribution in [-0.2, 0) is 9.59 Å². The van der Waals surface area contributed by atoms with Gasteiger partial charge >= 0.3 is 12.0 Å². The summed E-state index contributed by atoms with van der Waals surface area (Å²) in [5.41, 5.74) is 11.3. The number of carbonyl (C=O) groups excluding carboxylic acids is 2. The average molecular weight is 400 g/mol.